The third-order valence-electron chi connectivity index (χ3n) is 1.71. The van der Waals surface area contributed by atoms with Crippen LogP contribution >= 0.6 is 12.4 Å². The molecule has 15 heavy (non-hydrogen) atoms. The van der Waals surface area contributed by atoms with Crippen LogP contribution < -0.4 is 0 Å². The number of rotatable bonds is 5. The Morgan fingerprint density at radius 1 is 1.20 bits per heavy atom. The highest BCUT2D eigenvalue weighted by molar-refractivity contribution is 5.91. The summed E-state index contributed by atoms with van der Waals surface area (Å²) in [5.74, 6) is 0.199. The Balaban J connectivity index is 0.00000196. The second kappa shape index (κ2) is 8.26. The molecule has 0 aromatic heterocycles. The summed E-state index contributed by atoms with van der Waals surface area (Å²) in [5, 5.41) is 7.59. The Morgan fingerprint density at radius 2 is 1.87 bits per heavy atom. The summed E-state index contributed by atoms with van der Waals surface area (Å²) >= 11 is 0. The van der Waals surface area contributed by atoms with Crippen LogP contribution in [0.2, 0.25) is 0 Å². The van der Waals surface area contributed by atoms with Gasteiger partial charge in [0, 0.05) is 12.2 Å². The lowest BCUT2D eigenvalue weighted by molar-refractivity contribution is 0.106. The van der Waals surface area contributed by atoms with E-state index in [9.17, 15) is 0 Å². The van der Waals surface area contributed by atoms with Crippen molar-refractivity contribution in [2.24, 2.45) is 0 Å². The molecule has 0 saturated carbocycles. The normalized spacial score (nSPS) is 9.13. The Kier molecular flexibility index (Phi) is 7.68. The van der Waals surface area contributed by atoms with Crippen LogP contribution in [0.1, 0.15) is 12.5 Å². The van der Waals surface area contributed by atoms with E-state index < -0.39 is 0 Å². The van der Waals surface area contributed by atoms with E-state index >= 15 is 0 Å². The van der Waals surface area contributed by atoms with Gasteiger partial charge in [0.2, 0.25) is 5.90 Å². The maximum atomic E-state index is 7.59. The van der Waals surface area contributed by atoms with Crippen molar-refractivity contribution in [3.05, 3.63) is 35.9 Å². The van der Waals surface area contributed by atoms with E-state index in [1.54, 1.807) is 0 Å². The van der Waals surface area contributed by atoms with Crippen molar-refractivity contribution in [2.45, 2.75) is 6.92 Å². The van der Waals surface area contributed by atoms with Gasteiger partial charge >= 0.3 is 0 Å². The van der Waals surface area contributed by atoms with Crippen LogP contribution in [0, 0.1) is 5.41 Å². The SMILES string of the molecule is CCOCCOC(=N)c1ccccc1.Cl. The molecule has 1 aromatic rings. The van der Waals surface area contributed by atoms with E-state index in [0.717, 1.165) is 5.56 Å². The average Bonchev–Trinajstić information content (AvgIpc) is 2.25. The Morgan fingerprint density at radius 3 is 2.47 bits per heavy atom. The van der Waals surface area contributed by atoms with E-state index in [1.807, 2.05) is 37.3 Å². The predicted octanol–water partition coefficient (Wildman–Crippen LogP) is 2.49. The fourth-order valence-electron chi connectivity index (χ4n) is 1.02. The van der Waals surface area contributed by atoms with Crippen LogP contribution in [0.15, 0.2) is 30.3 Å². The molecule has 0 heterocycles. The number of ether oxygens (including phenoxy) is 2. The summed E-state index contributed by atoms with van der Waals surface area (Å²) in [4.78, 5) is 0. The predicted molar refractivity (Wildman–Crippen MR) is 63.0 cm³/mol. The molecule has 0 spiro atoms. The topological polar surface area (TPSA) is 42.3 Å². The lowest BCUT2D eigenvalue weighted by Gasteiger charge is -2.06. The summed E-state index contributed by atoms with van der Waals surface area (Å²) < 4.78 is 10.3. The molecule has 0 unspecified atom stereocenters. The zero-order valence-corrected chi connectivity index (χ0v) is 9.55. The Bertz CT molecular complexity index is 277. The molecule has 0 fully saturated rings. The molecular formula is C11H16ClNO2. The zero-order valence-electron chi connectivity index (χ0n) is 8.73. The average molecular weight is 230 g/mol. The van der Waals surface area contributed by atoms with Gasteiger partial charge in [-0.05, 0) is 19.1 Å². The fourth-order valence-corrected chi connectivity index (χ4v) is 1.02. The standard InChI is InChI=1S/C11H15NO2.ClH/c1-2-13-8-9-14-11(12)10-6-4-3-5-7-10;/h3-7,12H,2,8-9H2,1H3;1H. The van der Waals surface area contributed by atoms with E-state index in [0.29, 0.717) is 19.8 Å². The molecular weight excluding hydrogens is 214 g/mol. The number of hydrogen-bond donors (Lipinski definition) is 1. The molecule has 3 nitrogen and oxygen atoms in total. The lowest BCUT2D eigenvalue weighted by atomic mass is 10.2. The first-order valence-electron chi connectivity index (χ1n) is 4.69. The Labute approximate surface area is 96.3 Å². The highest BCUT2D eigenvalue weighted by Crippen LogP contribution is 2.00. The largest absolute Gasteiger partial charge is 0.475 e. The molecule has 1 rings (SSSR count). The number of hydrogen-bond acceptors (Lipinski definition) is 3. The minimum absolute atomic E-state index is 0. The summed E-state index contributed by atoms with van der Waals surface area (Å²) in [5.41, 5.74) is 0.795. The second-order valence-electron chi connectivity index (χ2n) is 2.74. The van der Waals surface area contributed by atoms with Crippen LogP contribution in [0.3, 0.4) is 0 Å². The molecule has 0 aliphatic rings. The first kappa shape index (κ1) is 13.9. The van der Waals surface area contributed by atoms with Gasteiger partial charge in [0.25, 0.3) is 0 Å². The maximum absolute atomic E-state index is 7.59. The molecule has 1 aromatic carbocycles. The molecule has 0 amide bonds. The lowest BCUT2D eigenvalue weighted by Crippen LogP contribution is -2.10. The van der Waals surface area contributed by atoms with Gasteiger partial charge in [0.05, 0.1) is 6.61 Å². The molecule has 1 N–H and O–H groups in total. The third kappa shape index (κ3) is 5.40. The van der Waals surface area contributed by atoms with Gasteiger partial charge in [-0.1, -0.05) is 18.2 Å². The van der Waals surface area contributed by atoms with Crippen LogP contribution in [0.4, 0.5) is 0 Å². The van der Waals surface area contributed by atoms with Gasteiger partial charge in [0.1, 0.15) is 6.61 Å². The van der Waals surface area contributed by atoms with Gasteiger partial charge < -0.3 is 9.47 Å². The van der Waals surface area contributed by atoms with Crippen molar-refractivity contribution in [3.8, 4) is 0 Å². The van der Waals surface area contributed by atoms with E-state index in [-0.39, 0.29) is 18.3 Å². The second-order valence-corrected chi connectivity index (χ2v) is 2.74. The van der Waals surface area contributed by atoms with Crippen molar-refractivity contribution in [3.63, 3.8) is 0 Å². The molecule has 0 bridgehead atoms. The molecule has 0 atom stereocenters. The monoisotopic (exact) mass is 229 g/mol. The minimum Gasteiger partial charge on any atom is -0.475 e. The van der Waals surface area contributed by atoms with Crippen molar-refractivity contribution in [1.82, 2.24) is 0 Å². The van der Waals surface area contributed by atoms with Gasteiger partial charge in [0.15, 0.2) is 0 Å². The van der Waals surface area contributed by atoms with Crippen LogP contribution in [-0.4, -0.2) is 25.7 Å². The first-order valence-corrected chi connectivity index (χ1v) is 4.69. The summed E-state index contributed by atoms with van der Waals surface area (Å²) in [6.07, 6.45) is 0. The molecule has 84 valence electrons. The van der Waals surface area contributed by atoms with Gasteiger partial charge in [-0.2, -0.15) is 0 Å². The van der Waals surface area contributed by atoms with Gasteiger partial charge in [-0.25, -0.2) is 0 Å². The van der Waals surface area contributed by atoms with E-state index in [4.69, 9.17) is 14.9 Å². The maximum Gasteiger partial charge on any atom is 0.213 e. The third-order valence-corrected chi connectivity index (χ3v) is 1.71. The summed E-state index contributed by atoms with van der Waals surface area (Å²) in [7, 11) is 0. The Hall–Kier alpha value is -1.06. The molecule has 0 aliphatic heterocycles. The zero-order chi connectivity index (χ0) is 10.2. The van der Waals surface area contributed by atoms with E-state index in [2.05, 4.69) is 0 Å². The highest BCUT2D eigenvalue weighted by atomic mass is 35.5. The highest BCUT2D eigenvalue weighted by Gasteiger charge is 1.99. The minimum atomic E-state index is 0. The fraction of sp³-hybridized carbons (Fsp3) is 0.364. The smallest absolute Gasteiger partial charge is 0.213 e. The van der Waals surface area contributed by atoms with Gasteiger partial charge in [-0.15, -0.1) is 12.4 Å². The van der Waals surface area contributed by atoms with Crippen molar-refractivity contribution < 1.29 is 9.47 Å². The quantitative estimate of drug-likeness (QED) is 0.479. The van der Waals surface area contributed by atoms with Gasteiger partial charge in [-0.3, -0.25) is 5.41 Å². The molecule has 0 radical (unpaired) electrons. The van der Waals surface area contributed by atoms with Crippen molar-refractivity contribution >= 4 is 18.3 Å². The van der Waals surface area contributed by atoms with Crippen LogP contribution in [-0.2, 0) is 9.47 Å². The molecule has 4 heteroatoms. The molecule has 0 saturated heterocycles. The number of halogens is 1. The number of benzene rings is 1. The van der Waals surface area contributed by atoms with Crippen LogP contribution in [0.25, 0.3) is 0 Å². The summed E-state index contributed by atoms with van der Waals surface area (Å²) in [6.45, 7) is 3.58. The number of nitrogens with one attached hydrogen (secondary N) is 1. The summed E-state index contributed by atoms with van der Waals surface area (Å²) in [6, 6.07) is 9.38. The first-order chi connectivity index (χ1) is 6.84. The van der Waals surface area contributed by atoms with Crippen molar-refractivity contribution in [1.29, 1.82) is 5.41 Å². The van der Waals surface area contributed by atoms with Crippen LogP contribution in [0.5, 0.6) is 0 Å². The van der Waals surface area contributed by atoms with E-state index in [1.165, 1.54) is 0 Å². The van der Waals surface area contributed by atoms with Crippen molar-refractivity contribution in [2.75, 3.05) is 19.8 Å². The molecule has 0 aliphatic carbocycles.